The molecule has 0 saturated heterocycles. The van der Waals surface area contributed by atoms with Gasteiger partial charge in [-0.1, -0.05) is 0 Å². The number of hydrogen-bond donors (Lipinski definition) is 2. The molecule has 120 valence electrons. The fourth-order valence-electron chi connectivity index (χ4n) is 2.18. The first-order chi connectivity index (χ1) is 10.6. The van der Waals surface area contributed by atoms with Crippen LogP contribution in [-0.2, 0) is 13.6 Å². The van der Waals surface area contributed by atoms with E-state index in [0.717, 1.165) is 17.4 Å². The monoisotopic (exact) mass is 304 g/mol. The topological polar surface area (TPSA) is 70.6 Å². The fraction of sp³-hybridized carbons (Fsp3) is 0.467. The van der Waals surface area contributed by atoms with E-state index in [1.165, 1.54) is 0 Å². The van der Waals surface area contributed by atoms with Gasteiger partial charge in [0, 0.05) is 26.8 Å². The summed E-state index contributed by atoms with van der Waals surface area (Å²) >= 11 is 0. The van der Waals surface area contributed by atoms with Gasteiger partial charge in [-0.05, 0) is 32.3 Å². The number of likely N-dealkylation sites (N-methyl/N-ethyl adjacent to an activating group) is 1. The minimum absolute atomic E-state index is 0.144. The van der Waals surface area contributed by atoms with Gasteiger partial charge in [0.25, 0.3) is 0 Å². The molecule has 2 aromatic rings. The Morgan fingerprint density at radius 1 is 1.41 bits per heavy atom. The highest BCUT2D eigenvalue weighted by atomic mass is 16.3. The Bertz CT molecular complexity index is 587. The van der Waals surface area contributed by atoms with Crippen molar-refractivity contribution in [3.63, 3.8) is 0 Å². The number of aromatic nitrogens is 2. The number of guanidine groups is 1. The third kappa shape index (κ3) is 4.11. The molecular weight excluding hydrogens is 280 g/mol. The lowest BCUT2D eigenvalue weighted by molar-refractivity contribution is 0.258. The summed E-state index contributed by atoms with van der Waals surface area (Å²) in [5.74, 6) is 1.68. The van der Waals surface area contributed by atoms with E-state index >= 15 is 0 Å². The second kappa shape index (κ2) is 7.65. The van der Waals surface area contributed by atoms with Gasteiger partial charge < -0.3 is 15.1 Å². The summed E-state index contributed by atoms with van der Waals surface area (Å²) in [5.41, 5.74) is 1.10. The van der Waals surface area contributed by atoms with Crippen molar-refractivity contribution in [2.45, 2.75) is 12.6 Å². The summed E-state index contributed by atoms with van der Waals surface area (Å²) in [6, 6.07) is 6.01. The number of furan rings is 1. The Balaban J connectivity index is 1.89. The molecule has 22 heavy (non-hydrogen) atoms. The van der Waals surface area contributed by atoms with Gasteiger partial charge in [0.15, 0.2) is 5.96 Å². The number of aliphatic imine (C=N–C) groups is 1. The van der Waals surface area contributed by atoms with Gasteiger partial charge in [-0.3, -0.25) is 14.6 Å². The van der Waals surface area contributed by atoms with Gasteiger partial charge in [0.1, 0.15) is 5.76 Å². The summed E-state index contributed by atoms with van der Waals surface area (Å²) in [6.07, 6.45) is 3.48. The van der Waals surface area contributed by atoms with Gasteiger partial charge in [-0.15, -0.1) is 0 Å². The van der Waals surface area contributed by atoms with Crippen LogP contribution in [0.1, 0.15) is 17.5 Å². The number of hydrogen-bond acceptors (Lipinski definition) is 4. The number of nitrogens with one attached hydrogen (secondary N) is 2. The van der Waals surface area contributed by atoms with Crippen molar-refractivity contribution in [2.75, 3.05) is 27.7 Å². The average Bonchev–Trinajstić information content (AvgIpc) is 3.14. The molecule has 1 unspecified atom stereocenters. The second-order valence-corrected chi connectivity index (χ2v) is 5.25. The standard InChI is InChI=1S/C15H24N6O/c1-16-15(17-10-12-7-8-19-21(12)4)18-11-13(20(2)3)14-6-5-9-22-14/h5-9,13H,10-11H2,1-4H3,(H2,16,17,18). The fourth-order valence-corrected chi connectivity index (χ4v) is 2.18. The molecule has 0 saturated carbocycles. The van der Waals surface area contributed by atoms with E-state index in [2.05, 4.69) is 25.6 Å². The third-order valence-electron chi connectivity index (χ3n) is 3.54. The molecule has 1 atom stereocenters. The van der Waals surface area contributed by atoms with E-state index in [0.29, 0.717) is 13.1 Å². The van der Waals surface area contributed by atoms with E-state index in [9.17, 15) is 0 Å². The van der Waals surface area contributed by atoms with Crippen LogP contribution in [-0.4, -0.2) is 48.3 Å². The molecule has 0 bridgehead atoms. The Hall–Kier alpha value is -2.28. The lowest BCUT2D eigenvalue weighted by Crippen LogP contribution is -2.41. The molecule has 2 N–H and O–H groups in total. The lowest BCUT2D eigenvalue weighted by atomic mass is 10.2. The van der Waals surface area contributed by atoms with Crippen LogP contribution >= 0.6 is 0 Å². The van der Waals surface area contributed by atoms with E-state index in [-0.39, 0.29) is 6.04 Å². The lowest BCUT2D eigenvalue weighted by Gasteiger charge is -2.23. The van der Waals surface area contributed by atoms with Crippen molar-refractivity contribution in [3.8, 4) is 0 Å². The van der Waals surface area contributed by atoms with Gasteiger partial charge in [0.05, 0.1) is 24.5 Å². The molecule has 7 heteroatoms. The Morgan fingerprint density at radius 2 is 2.23 bits per heavy atom. The molecule has 0 spiro atoms. The van der Waals surface area contributed by atoms with Crippen LogP contribution < -0.4 is 10.6 Å². The second-order valence-electron chi connectivity index (χ2n) is 5.25. The number of rotatable bonds is 6. The zero-order valence-corrected chi connectivity index (χ0v) is 13.6. The number of aryl methyl sites for hydroxylation is 1. The van der Waals surface area contributed by atoms with Gasteiger partial charge in [-0.25, -0.2) is 0 Å². The molecule has 0 aromatic carbocycles. The smallest absolute Gasteiger partial charge is 0.191 e. The first-order valence-electron chi connectivity index (χ1n) is 7.23. The normalized spacial score (nSPS) is 13.4. The van der Waals surface area contributed by atoms with Crippen LogP contribution in [0.4, 0.5) is 0 Å². The maximum atomic E-state index is 5.50. The highest BCUT2D eigenvalue weighted by molar-refractivity contribution is 5.79. The summed E-state index contributed by atoms with van der Waals surface area (Å²) < 4.78 is 7.34. The molecule has 0 fully saturated rings. The van der Waals surface area contributed by atoms with Gasteiger partial charge in [-0.2, -0.15) is 5.10 Å². The molecule has 0 radical (unpaired) electrons. The molecule has 0 amide bonds. The zero-order chi connectivity index (χ0) is 15.9. The molecule has 0 aliphatic heterocycles. The molecule has 2 heterocycles. The summed E-state index contributed by atoms with van der Waals surface area (Å²) in [4.78, 5) is 6.36. The van der Waals surface area contributed by atoms with Crippen molar-refractivity contribution in [2.24, 2.45) is 12.0 Å². The zero-order valence-electron chi connectivity index (χ0n) is 13.6. The first-order valence-corrected chi connectivity index (χ1v) is 7.23. The predicted octanol–water partition coefficient (Wildman–Crippen LogP) is 0.981. The molecular formula is C15H24N6O. The van der Waals surface area contributed by atoms with Crippen molar-refractivity contribution in [1.82, 2.24) is 25.3 Å². The van der Waals surface area contributed by atoms with Crippen molar-refractivity contribution >= 4 is 5.96 Å². The summed E-state index contributed by atoms with van der Waals surface area (Å²) in [6.45, 7) is 1.37. The molecule has 7 nitrogen and oxygen atoms in total. The molecule has 0 aliphatic rings. The SMILES string of the molecule is CN=C(NCc1ccnn1C)NCC(c1ccco1)N(C)C. The Morgan fingerprint density at radius 3 is 2.77 bits per heavy atom. The first kappa shape index (κ1) is 16.1. The highest BCUT2D eigenvalue weighted by Crippen LogP contribution is 2.17. The average molecular weight is 304 g/mol. The van der Waals surface area contributed by atoms with Crippen LogP contribution in [0.15, 0.2) is 40.1 Å². The summed E-state index contributed by atoms with van der Waals surface area (Å²) in [7, 11) is 7.74. The number of nitrogens with zero attached hydrogens (tertiary/aromatic N) is 4. The molecule has 0 aliphatic carbocycles. The van der Waals surface area contributed by atoms with Crippen LogP contribution in [0.25, 0.3) is 0 Å². The van der Waals surface area contributed by atoms with Gasteiger partial charge >= 0.3 is 0 Å². The van der Waals surface area contributed by atoms with Crippen LogP contribution in [0, 0.1) is 0 Å². The van der Waals surface area contributed by atoms with Crippen LogP contribution in [0.5, 0.6) is 0 Å². The largest absolute Gasteiger partial charge is 0.468 e. The van der Waals surface area contributed by atoms with Crippen molar-refractivity contribution in [1.29, 1.82) is 0 Å². The summed E-state index contributed by atoms with van der Waals surface area (Å²) in [5, 5.41) is 10.8. The van der Waals surface area contributed by atoms with Crippen molar-refractivity contribution < 1.29 is 4.42 Å². The van der Waals surface area contributed by atoms with E-state index < -0.39 is 0 Å². The Labute approximate surface area is 131 Å². The van der Waals surface area contributed by atoms with Crippen LogP contribution in [0.3, 0.4) is 0 Å². The third-order valence-corrected chi connectivity index (χ3v) is 3.54. The molecule has 2 rings (SSSR count). The minimum atomic E-state index is 0.144. The minimum Gasteiger partial charge on any atom is -0.468 e. The van der Waals surface area contributed by atoms with Gasteiger partial charge in [0.2, 0.25) is 0 Å². The Kier molecular flexibility index (Phi) is 5.60. The maximum absolute atomic E-state index is 5.50. The van der Waals surface area contributed by atoms with Crippen LogP contribution in [0.2, 0.25) is 0 Å². The highest BCUT2D eigenvalue weighted by Gasteiger charge is 2.17. The van der Waals surface area contributed by atoms with Crippen molar-refractivity contribution in [3.05, 3.63) is 42.1 Å². The van der Waals surface area contributed by atoms with E-state index in [4.69, 9.17) is 4.42 Å². The molecule has 2 aromatic heterocycles. The maximum Gasteiger partial charge on any atom is 0.191 e. The predicted molar refractivity (Wildman–Crippen MR) is 86.5 cm³/mol. The quantitative estimate of drug-likeness (QED) is 0.615. The van der Waals surface area contributed by atoms with E-state index in [1.54, 1.807) is 19.5 Å². The van der Waals surface area contributed by atoms with E-state index in [1.807, 2.05) is 44.0 Å².